The predicted octanol–water partition coefficient (Wildman–Crippen LogP) is 2.87. The first-order valence-corrected chi connectivity index (χ1v) is 6.41. The number of hydrogen-bond acceptors (Lipinski definition) is 3. The molecule has 1 heterocycles. The van der Waals surface area contributed by atoms with Crippen molar-refractivity contribution in [2.75, 3.05) is 16.5 Å². The van der Waals surface area contributed by atoms with Gasteiger partial charge in [0.25, 0.3) is 0 Å². The molecule has 0 saturated heterocycles. The lowest BCUT2D eigenvalue weighted by atomic mass is 10.1. The zero-order valence-electron chi connectivity index (χ0n) is 10.3. The molecule has 0 radical (unpaired) electrons. The van der Waals surface area contributed by atoms with Crippen LogP contribution in [0.4, 0.5) is 11.5 Å². The molecule has 98 valence electrons. The van der Waals surface area contributed by atoms with Crippen LogP contribution in [0, 0.1) is 0 Å². The molecule has 0 bridgehead atoms. The zero-order chi connectivity index (χ0) is 13.5. The minimum atomic E-state index is -0.216. The third-order valence-corrected chi connectivity index (χ3v) is 2.78. The summed E-state index contributed by atoms with van der Waals surface area (Å²) in [6.45, 7) is 0.579. The van der Waals surface area contributed by atoms with Gasteiger partial charge < -0.3 is 10.6 Å². The fourth-order valence-electron chi connectivity index (χ4n) is 1.63. The van der Waals surface area contributed by atoms with Gasteiger partial charge in [0.2, 0.25) is 5.91 Å². The minimum absolute atomic E-state index is 0.0536. The number of nitrogens with one attached hydrogen (secondary N) is 2. The van der Waals surface area contributed by atoms with E-state index in [1.54, 1.807) is 6.20 Å². The molecule has 0 aliphatic carbocycles. The molecule has 4 nitrogen and oxygen atoms in total. The lowest BCUT2D eigenvalue weighted by molar-refractivity contribution is -0.113. The highest BCUT2D eigenvalue weighted by molar-refractivity contribution is 6.29. The molecule has 1 amide bonds. The molecule has 0 unspecified atom stereocenters. The number of nitrogens with zero attached hydrogens (tertiary/aromatic N) is 1. The average molecular weight is 276 g/mol. The quantitative estimate of drug-likeness (QED) is 0.825. The van der Waals surface area contributed by atoms with Gasteiger partial charge in [-0.15, -0.1) is 11.6 Å². The lowest BCUT2D eigenvalue weighted by Gasteiger charge is -2.11. The van der Waals surface area contributed by atoms with Crippen molar-refractivity contribution in [2.45, 2.75) is 6.54 Å². The summed E-state index contributed by atoms with van der Waals surface area (Å²) in [6, 6.07) is 13.2. The summed E-state index contributed by atoms with van der Waals surface area (Å²) < 4.78 is 0. The number of alkyl halides is 1. The van der Waals surface area contributed by atoms with Gasteiger partial charge in [-0.25, -0.2) is 4.98 Å². The summed E-state index contributed by atoms with van der Waals surface area (Å²) >= 11 is 5.49. The van der Waals surface area contributed by atoms with E-state index in [1.807, 2.05) is 42.5 Å². The molecule has 0 fully saturated rings. The fourth-order valence-corrected chi connectivity index (χ4v) is 1.70. The Kier molecular flexibility index (Phi) is 4.75. The van der Waals surface area contributed by atoms with E-state index >= 15 is 0 Å². The van der Waals surface area contributed by atoms with Crippen LogP contribution in [0.25, 0.3) is 0 Å². The Balaban J connectivity index is 2.05. The summed E-state index contributed by atoms with van der Waals surface area (Å²) in [5.41, 5.74) is 1.74. The Hall–Kier alpha value is -2.07. The van der Waals surface area contributed by atoms with Gasteiger partial charge in [0.05, 0.1) is 0 Å². The first-order chi connectivity index (χ1) is 9.29. The molecule has 2 aromatic rings. The van der Waals surface area contributed by atoms with Crippen molar-refractivity contribution in [3.05, 3.63) is 54.2 Å². The van der Waals surface area contributed by atoms with E-state index in [9.17, 15) is 4.79 Å². The number of amides is 1. The van der Waals surface area contributed by atoms with Gasteiger partial charge in [-0.3, -0.25) is 4.79 Å². The number of anilines is 2. The van der Waals surface area contributed by atoms with Crippen molar-refractivity contribution in [3.63, 3.8) is 0 Å². The maximum atomic E-state index is 11.3. The summed E-state index contributed by atoms with van der Waals surface area (Å²) in [6.07, 6.45) is 1.73. The summed E-state index contributed by atoms with van der Waals surface area (Å²) in [5, 5.41) is 5.96. The first kappa shape index (κ1) is 13.4. The normalized spacial score (nSPS) is 9.95. The van der Waals surface area contributed by atoms with E-state index in [1.165, 1.54) is 0 Å². The van der Waals surface area contributed by atoms with Crippen LogP contribution in [0.2, 0.25) is 0 Å². The third-order valence-electron chi connectivity index (χ3n) is 2.54. The number of carbonyl (C=O) groups is 1. The maximum absolute atomic E-state index is 11.3. The number of pyridine rings is 1. The van der Waals surface area contributed by atoms with E-state index in [2.05, 4.69) is 15.6 Å². The summed E-state index contributed by atoms with van der Waals surface area (Å²) in [4.78, 5) is 15.5. The number of rotatable bonds is 5. The van der Waals surface area contributed by atoms with Crippen LogP contribution in [0.1, 0.15) is 5.56 Å². The van der Waals surface area contributed by atoms with Gasteiger partial charge >= 0.3 is 0 Å². The lowest BCUT2D eigenvalue weighted by Crippen LogP contribution is -2.15. The average Bonchev–Trinajstić information content (AvgIpc) is 2.47. The molecular formula is C14H14ClN3O. The fraction of sp³-hybridized carbons (Fsp3) is 0.143. The molecule has 1 aromatic carbocycles. The Labute approximate surface area is 116 Å². The largest absolute Gasteiger partial charge is 0.366 e. The molecule has 1 aromatic heterocycles. The molecule has 0 saturated carbocycles. The minimum Gasteiger partial charge on any atom is -0.366 e. The number of carbonyl (C=O) groups excluding carboxylic acids is 1. The van der Waals surface area contributed by atoms with Gasteiger partial charge in [-0.05, 0) is 23.8 Å². The maximum Gasteiger partial charge on any atom is 0.239 e. The number of halogens is 1. The second-order valence-electron chi connectivity index (χ2n) is 3.91. The standard InChI is InChI=1S/C14H14ClN3O/c15-9-14(19)18-12-6-2-1-5-11(12)10-17-13-7-3-4-8-16-13/h1-8H,9-10H2,(H,16,17)(H,18,19). The Bertz CT molecular complexity index is 545. The zero-order valence-corrected chi connectivity index (χ0v) is 11.0. The van der Waals surface area contributed by atoms with Gasteiger partial charge in [-0.1, -0.05) is 24.3 Å². The monoisotopic (exact) mass is 275 g/mol. The van der Waals surface area contributed by atoms with Crippen LogP contribution < -0.4 is 10.6 Å². The molecule has 2 rings (SSSR count). The predicted molar refractivity (Wildman–Crippen MR) is 77.4 cm³/mol. The topological polar surface area (TPSA) is 54.0 Å². The van der Waals surface area contributed by atoms with E-state index in [0.29, 0.717) is 6.54 Å². The van der Waals surface area contributed by atoms with E-state index in [4.69, 9.17) is 11.6 Å². The van der Waals surface area contributed by atoms with Crippen LogP contribution in [0.15, 0.2) is 48.7 Å². The van der Waals surface area contributed by atoms with E-state index in [-0.39, 0.29) is 11.8 Å². The number of hydrogen-bond donors (Lipinski definition) is 2. The Morgan fingerprint density at radius 1 is 1.16 bits per heavy atom. The van der Waals surface area contributed by atoms with Gasteiger partial charge in [0.15, 0.2) is 0 Å². The highest BCUT2D eigenvalue weighted by atomic mass is 35.5. The Morgan fingerprint density at radius 3 is 2.68 bits per heavy atom. The van der Waals surface area contributed by atoms with E-state index in [0.717, 1.165) is 17.1 Å². The van der Waals surface area contributed by atoms with Crippen LogP contribution in [0.5, 0.6) is 0 Å². The van der Waals surface area contributed by atoms with Crippen molar-refractivity contribution >= 4 is 29.0 Å². The van der Waals surface area contributed by atoms with Crippen molar-refractivity contribution in [1.29, 1.82) is 0 Å². The second kappa shape index (κ2) is 6.75. The molecule has 0 aliphatic heterocycles. The van der Waals surface area contributed by atoms with E-state index < -0.39 is 0 Å². The highest BCUT2D eigenvalue weighted by Crippen LogP contribution is 2.16. The van der Waals surface area contributed by atoms with Gasteiger partial charge in [0, 0.05) is 18.4 Å². The van der Waals surface area contributed by atoms with Crippen molar-refractivity contribution in [3.8, 4) is 0 Å². The molecule has 19 heavy (non-hydrogen) atoms. The molecule has 0 aliphatic rings. The molecule has 2 N–H and O–H groups in total. The first-order valence-electron chi connectivity index (χ1n) is 5.88. The van der Waals surface area contributed by atoms with Crippen molar-refractivity contribution in [2.24, 2.45) is 0 Å². The SMILES string of the molecule is O=C(CCl)Nc1ccccc1CNc1ccccn1. The number of para-hydroxylation sites is 1. The van der Waals surface area contributed by atoms with Crippen LogP contribution in [0.3, 0.4) is 0 Å². The van der Waals surface area contributed by atoms with Crippen LogP contribution in [-0.2, 0) is 11.3 Å². The van der Waals surface area contributed by atoms with Crippen LogP contribution in [-0.4, -0.2) is 16.8 Å². The second-order valence-corrected chi connectivity index (χ2v) is 4.17. The number of benzene rings is 1. The number of aromatic nitrogens is 1. The molecule has 5 heteroatoms. The molecular weight excluding hydrogens is 262 g/mol. The molecule has 0 spiro atoms. The Morgan fingerprint density at radius 2 is 1.95 bits per heavy atom. The van der Waals surface area contributed by atoms with Crippen LogP contribution >= 0.6 is 11.6 Å². The molecule has 0 atom stereocenters. The summed E-state index contributed by atoms with van der Waals surface area (Å²) in [7, 11) is 0. The highest BCUT2D eigenvalue weighted by Gasteiger charge is 2.05. The third kappa shape index (κ3) is 3.96. The van der Waals surface area contributed by atoms with Gasteiger partial charge in [0.1, 0.15) is 11.7 Å². The van der Waals surface area contributed by atoms with Crippen molar-refractivity contribution in [1.82, 2.24) is 4.98 Å². The smallest absolute Gasteiger partial charge is 0.239 e. The summed E-state index contributed by atoms with van der Waals surface area (Å²) in [5.74, 6) is 0.523. The van der Waals surface area contributed by atoms with Gasteiger partial charge in [-0.2, -0.15) is 0 Å². The van der Waals surface area contributed by atoms with Crippen molar-refractivity contribution < 1.29 is 4.79 Å².